The Morgan fingerprint density at radius 3 is 2.80 bits per heavy atom. The summed E-state index contributed by atoms with van der Waals surface area (Å²) in [4.78, 5) is 15.5. The Hall–Kier alpha value is -2.03. The van der Waals surface area contributed by atoms with Gasteiger partial charge < -0.3 is 4.74 Å². The molecule has 0 radical (unpaired) electrons. The molecular weight excluding hydrogens is 322 g/mol. The van der Waals surface area contributed by atoms with Crippen molar-refractivity contribution in [2.75, 3.05) is 39.3 Å². The van der Waals surface area contributed by atoms with Crippen LogP contribution in [0.3, 0.4) is 0 Å². The molecule has 2 saturated heterocycles. The molecule has 1 aromatic heterocycles. The average molecular weight is 345 g/mol. The first-order chi connectivity index (χ1) is 12.2. The van der Waals surface area contributed by atoms with Gasteiger partial charge in [-0.2, -0.15) is 5.10 Å². The van der Waals surface area contributed by atoms with E-state index in [2.05, 4.69) is 20.0 Å². The van der Waals surface area contributed by atoms with Crippen LogP contribution < -0.4 is 0 Å². The highest BCUT2D eigenvalue weighted by Gasteiger charge is 2.23. The highest BCUT2D eigenvalue weighted by molar-refractivity contribution is 5.83. The van der Waals surface area contributed by atoms with E-state index in [1.165, 1.54) is 18.9 Å². The van der Waals surface area contributed by atoms with E-state index in [4.69, 9.17) is 4.74 Å². The number of fused-ring (bicyclic) bond motifs is 1. The van der Waals surface area contributed by atoms with Crippen molar-refractivity contribution < 1.29 is 9.66 Å². The number of ether oxygens (including phenoxy) is 1. The number of benzene rings is 1. The Kier molecular flexibility index (Phi) is 4.65. The maximum atomic E-state index is 11.0. The zero-order valence-electron chi connectivity index (χ0n) is 14.2. The molecule has 25 heavy (non-hydrogen) atoms. The van der Waals surface area contributed by atoms with Crippen LogP contribution in [0.4, 0.5) is 5.69 Å². The molecule has 0 spiro atoms. The number of non-ortho nitro benzene ring substituents is 1. The fourth-order valence-electron chi connectivity index (χ4n) is 3.72. The summed E-state index contributed by atoms with van der Waals surface area (Å²) in [5.41, 5.74) is 1.83. The average Bonchev–Trinajstić information content (AvgIpc) is 3.26. The second kappa shape index (κ2) is 7.07. The molecule has 0 saturated carbocycles. The molecule has 0 bridgehead atoms. The van der Waals surface area contributed by atoms with Gasteiger partial charge in [-0.05, 0) is 18.9 Å². The summed E-state index contributed by atoms with van der Waals surface area (Å²) in [7, 11) is 0. The highest BCUT2D eigenvalue weighted by Crippen LogP contribution is 2.23. The van der Waals surface area contributed by atoms with Crippen LogP contribution >= 0.6 is 0 Å². The maximum Gasteiger partial charge on any atom is 0.270 e. The number of piperazine rings is 1. The normalized spacial score (nSPS) is 22.6. The first-order valence-corrected chi connectivity index (χ1v) is 8.87. The van der Waals surface area contributed by atoms with Crippen LogP contribution in [0.1, 0.15) is 18.5 Å². The number of nitrogens with one attached hydrogen (secondary N) is 1. The van der Waals surface area contributed by atoms with E-state index in [-0.39, 0.29) is 10.6 Å². The number of hydrogen-bond acceptors (Lipinski definition) is 6. The van der Waals surface area contributed by atoms with Gasteiger partial charge in [-0.25, -0.2) is 0 Å². The number of nitrogens with zero attached hydrogens (tertiary/aromatic N) is 4. The second-order valence-electron chi connectivity index (χ2n) is 6.87. The van der Waals surface area contributed by atoms with Crippen molar-refractivity contribution in [3.05, 3.63) is 34.0 Å². The van der Waals surface area contributed by atoms with Gasteiger partial charge >= 0.3 is 0 Å². The minimum atomic E-state index is -0.361. The fourth-order valence-corrected chi connectivity index (χ4v) is 3.72. The topological polar surface area (TPSA) is 87.5 Å². The summed E-state index contributed by atoms with van der Waals surface area (Å²) < 4.78 is 5.72. The third kappa shape index (κ3) is 3.65. The van der Waals surface area contributed by atoms with Gasteiger partial charge in [-0.15, -0.1) is 0 Å². The molecule has 1 atom stereocenters. The third-order valence-corrected chi connectivity index (χ3v) is 5.16. The molecule has 2 aliphatic heterocycles. The summed E-state index contributed by atoms with van der Waals surface area (Å²) in [6.45, 7) is 6.73. The van der Waals surface area contributed by atoms with Crippen molar-refractivity contribution in [1.29, 1.82) is 0 Å². The number of hydrogen-bond donors (Lipinski definition) is 1. The molecule has 3 heterocycles. The minimum Gasteiger partial charge on any atom is -0.377 e. The Morgan fingerprint density at radius 2 is 2.08 bits per heavy atom. The molecule has 1 N–H and O–H groups in total. The summed E-state index contributed by atoms with van der Waals surface area (Å²) in [6.07, 6.45) is 2.77. The maximum absolute atomic E-state index is 11.0. The van der Waals surface area contributed by atoms with Crippen LogP contribution in [-0.4, -0.2) is 70.4 Å². The SMILES string of the molecule is O=[N+]([O-])c1ccc2n[nH]c(CN3CCN(C[C@@H]4CCCO4)CC3)c2c1. The zero-order chi connectivity index (χ0) is 17.2. The van der Waals surface area contributed by atoms with Crippen LogP contribution in [0.2, 0.25) is 0 Å². The monoisotopic (exact) mass is 345 g/mol. The van der Waals surface area contributed by atoms with Crippen LogP contribution in [0, 0.1) is 10.1 Å². The highest BCUT2D eigenvalue weighted by atomic mass is 16.6. The summed E-state index contributed by atoms with van der Waals surface area (Å²) in [5, 5.41) is 19.2. The van der Waals surface area contributed by atoms with Crippen LogP contribution in [0.15, 0.2) is 18.2 Å². The van der Waals surface area contributed by atoms with Gasteiger partial charge in [-0.3, -0.25) is 25.0 Å². The Morgan fingerprint density at radius 1 is 1.28 bits per heavy atom. The van der Waals surface area contributed by atoms with E-state index in [1.54, 1.807) is 12.1 Å². The number of rotatable bonds is 5. The molecule has 2 fully saturated rings. The molecule has 0 amide bonds. The van der Waals surface area contributed by atoms with Gasteiger partial charge in [0.05, 0.1) is 22.2 Å². The quantitative estimate of drug-likeness (QED) is 0.656. The second-order valence-corrected chi connectivity index (χ2v) is 6.87. The third-order valence-electron chi connectivity index (χ3n) is 5.16. The van der Waals surface area contributed by atoms with E-state index in [0.29, 0.717) is 6.10 Å². The van der Waals surface area contributed by atoms with Crippen molar-refractivity contribution in [3.8, 4) is 0 Å². The van der Waals surface area contributed by atoms with Gasteiger partial charge in [0, 0.05) is 63.4 Å². The predicted molar refractivity (Wildman–Crippen MR) is 93.4 cm³/mol. The molecule has 8 nitrogen and oxygen atoms in total. The lowest BCUT2D eigenvalue weighted by atomic mass is 10.1. The number of nitro groups is 1. The van der Waals surface area contributed by atoms with Crippen molar-refractivity contribution in [2.24, 2.45) is 0 Å². The van der Waals surface area contributed by atoms with E-state index >= 15 is 0 Å². The lowest BCUT2D eigenvalue weighted by Crippen LogP contribution is -2.48. The Balaban J connectivity index is 1.37. The van der Waals surface area contributed by atoms with E-state index < -0.39 is 0 Å². The van der Waals surface area contributed by atoms with Crippen LogP contribution in [0.25, 0.3) is 10.9 Å². The van der Waals surface area contributed by atoms with Gasteiger partial charge in [-0.1, -0.05) is 0 Å². The largest absolute Gasteiger partial charge is 0.377 e. The zero-order valence-corrected chi connectivity index (χ0v) is 14.2. The fraction of sp³-hybridized carbons (Fsp3) is 0.588. The van der Waals surface area contributed by atoms with Gasteiger partial charge in [0.1, 0.15) is 0 Å². The molecule has 2 aliphatic rings. The first-order valence-electron chi connectivity index (χ1n) is 8.87. The van der Waals surface area contributed by atoms with Gasteiger partial charge in [0.2, 0.25) is 0 Å². The molecule has 4 rings (SSSR count). The number of aromatic amines is 1. The lowest BCUT2D eigenvalue weighted by Gasteiger charge is -2.35. The molecule has 0 unspecified atom stereocenters. The van der Waals surface area contributed by atoms with Crippen LogP contribution in [0.5, 0.6) is 0 Å². The van der Waals surface area contributed by atoms with Crippen molar-refractivity contribution in [2.45, 2.75) is 25.5 Å². The standard InChI is InChI=1S/C17H23N5O3/c23-22(24)13-3-4-16-15(10-13)17(19-18-16)12-21-7-5-20(6-8-21)11-14-2-1-9-25-14/h3-4,10,14H,1-2,5-9,11-12H2,(H,18,19)/t14-/m0/s1. The first kappa shape index (κ1) is 16.4. The minimum absolute atomic E-state index is 0.108. The van der Waals surface area contributed by atoms with Crippen LogP contribution in [-0.2, 0) is 11.3 Å². The van der Waals surface area contributed by atoms with Gasteiger partial charge in [0.25, 0.3) is 5.69 Å². The van der Waals surface area contributed by atoms with E-state index in [1.807, 2.05) is 0 Å². The molecule has 8 heteroatoms. The summed E-state index contributed by atoms with van der Waals surface area (Å²) >= 11 is 0. The number of nitro benzene ring substituents is 1. The number of H-pyrrole nitrogens is 1. The summed E-state index contributed by atoms with van der Waals surface area (Å²) in [5.74, 6) is 0. The van der Waals surface area contributed by atoms with E-state index in [0.717, 1.165) is 62.5 Å². The Bertz CT molecular complexity index is 748. The molecule has 1 aromatic carbocycles. The predicted octanol–water partition coefficient (Wildman–Crippen LogP) is 1.77. The van der Waals surface area contributed by atoms with Crippen molar-refractivity contribution >= 4 is 16.6 Å². The van der Waals surface area contributed by atoms with Crippen molar-refractivity contribution in [3.63, 3.8) is 0 Å². The molecule has 134 valence electrons. The molecule has 2 aromatic rings. The van der Waals surface area contributed by atoms with Gasteiger partial charge in [0.15, 0.2) is 0 Å². The smallest absolute Gasteiger partial charge is 0.270 e. The van der Waals surface area contributed by atoms with Crippen molar-refractivity contribution in [1.82, 2.24) is 20.0 Å². The van der Waals surface area contributed by atoms with E-state index in [9.17, 15) is 10.1 Å². The molecule has 0 aliphatic carbocycles. The molecular formula is C17H23N5O3. The number of aromatic nitrogens is 2. The summed E-state index contributed by atoms with van der Waals surface area (Å²) in [6, 6.07) is 4.81. The Labute approximate surface area is 145 Å². The lowest BCUT2D eigenvalue weighted by molar-refractivity contribution is -0.384.